The first-order valence-corrected chi connectivity index (χ1v) is 11.4. The molecule has 3 aromatic rings. The third-order valence-electron chi connectivity index (χ3n) is 7.02. The van der Waals surface area contributed by atoms with Crippen molar-refractivity contribution in [3.8, 4) is 0 Å². The van der Waals surface area contributed by atoms with E-state index >= 15 is 0 Å². The average molecular weight is 424 g/mol. The maximum atomic E-state index is 11.1. The fraction of sp³-hybridized carbons (Fsp3) is 0.286. The highest BCUT2D eigenvalue weighted by Crippen LogP contribution is 2.42. The predicted octanol–water partition coefficient (Wildman–Crippen LogP) is 5.10. The molecule has 2 aliphatic rings. The first-order chi connectivity index (χ1) is 15.7. The van der Waals surface area contributed by atoms with E-state index in [9.17, 15) is 5.11 Å². The zero-order valence-electron chi connectivity index (χ0n) is 18.4. The van der Waals surface area contributed by atoms with Gasteiger partial charge in [0.15, 0.2) is 0 Å². The molecule has 4 nitrogen and oxygen atoms in total. The van der Waals surface area contributed by atoms with E-state index in [4.69, 9.17) is 10.2 Å². The topological polar surface area (TPSA) is 48.2 Å². The number of piperidine rings is 1. The van der Waals surface area contributed by atoms with E-state index in [1.165, 1.54) is 0 Å². The van der Waals surface area contributed by atoms with E-state index in [0.29, 0.717) is 6.54 Å². The van der Waals surface area contributed by atoms with Crippen molar-refractivity contribution in [3.05, 3.63) is 108 Å². The minimum atomic E-state index is -0.553. The molecule has 1 fully saturated rings. The van der Waals surface area contributed by atoms with Gasteiger partial charge in [0.25, 0.3) is 0 Å². The number of fused-ring (bicyclic) bond motifs is 1. The molecule has 0 aliphatic carbocycles. The predicted molar refractivity (Wildman–Crippen MR) is 130 cm³/mol. The number of nitrogens with zero attached hydrogens (tertiary/aromatic N) is 3. The Morgan fingerprint density at radius 1 is 0.875 bits per heavy atom. The first kappa shape index (κ1) is 20.8. The van der Waals surface area contributed by atoms with Crippen LogP contribution in [0.4, 0.5) is 0 Å². The summed E-state index contributed by atoms with van der Waals surface area (Å²) in [7, 11) is 0. The summed E-state index contributed by atoms with van der Waals surface area (Å²) in [4.78, 5) is 2.43. The van der Waals surface area contributed by atoms with Gasteiger partial charge in [-0.3, -0.25) is 4.90 Å². The number of rotatable bonds is 5. The van der Waals surface area contributed by atoms with Gasteiger partial charge in [-0.2, -0.15) is 10.2 Å². The maximum Gasteiger partial charge on any atom is 0.0917 e. The molecule has 0 spiro atoms. The minimum Gasteiger partial charge on any atom is -0.387 e. The Labute approximate surface area is 189 Å². The normalized spacial score (nSPS) is 24.2. The van der Waals surface area contributed by atoms with Crippen LogP contribution in [-0.4, -0.2) is 40.1 Å². The van der Waals surface area contributed by atoms with Crippen LogP contribution in [0, 0.1) is 5.92 Å². The van der Waals surface area contributed by atoms with Crippen LogP contribution < -0.4 is 0 Å². The van der Waals surface area contributed by atoms with Crippen molar-refractivity contribution in [2.75, 3.05) is 13.1 Å². The Bertz CT molecular complexity index is 1110. The largest absolute Gasteiger partial charge is 0.387 e. The van der Waals surface area contributed by atoms with Gasteiger partial charge in [0.2, 0.25) is 0 Å². The lowest BCUT2D eigenvalue weighted by Gasteiger charge is -2.52. The highest BCUT2D eigenvalue weighted by molar-refractivity contribution is 6.15. The van der Waals surface area contributed by atoms with Gasteiger partial charge in [-0.1, -0.05) is 91.0 Å². The van der Waals surface area contributed by atoms with Gasteiger partial charge in [0.1, 0.15) is 0 Å². The molecule has 0 saturated carbocycles. The Kier molecular flexibility index (Phi) is 5.73. The summed E-state index contributed by atoms with van der Waals surface area (Å²) in [6.45, 7) is 3.77. The maximum absolute atomic E-state index is 11.1. The summed E-state index contributed by atoms with van der Waals surface area (Å²) in [5, 5.41) is 20.7. The van der Waals surface area contributed by atoms with Crippen molar-refractivity contribution in [1.29, 1.82) is 0 Å². The molecule has 0 radical (unpaired) electrons. The second-order valence-corrected chi connectivity index (χ2v) is 8.88. The second kappa shape index (κ2) is 8.81. The monoisotopic (exact) mass is 423 g/mol. The Morgan fingerprint density at radius 3 is 2.12 bits per heavy atom. The summed E-state index contributed by atoms with van der Waals surface area (Å²) in [6, 6.07) is 30.7. The zero-order valence-corrected chi connectivity index (χ0v) is 18.4. The molecule has 162 valence electrons. The van der Waals surface area contributed by atoms with Crippen molar-refractivity contribution < 1.29 is 5.11 Å². The number of β-amino-alcohol motifs (C(OH)–C–C–N with tert-alkyl or cyclic N) is 1. The number of aliphatic hydroxyl groups excluding tert-OH is 1. The summed E-state index contributed by atoms with van der Waals surface area (Å²) in [5.74, 6) is 0.203. The SMILES string of the molecule is CC12C(c3ccccc3)=NN=C(c3ccccc3)C1CCCN2CC(O)c1ccccc1. The second-order valence-electron chi connectivity index (χ2n) is 8.88. The van der Waals surface area contributed by atoms with Gasteiger partial charge < -0.3 is 5.11 Å². The van der Waals surface area contributed by atoms with Crippen molar-refractivity contribution >= 4 is 11.4 Å². The molecule has 0 amide bonds. The molecule has 2 heterocycles. The van der Waals surface area contributed by atoms with Gasteiger partial charge in [-0.15, -0.1) is 0 Å². The highest BCUT2D eigenvalue weighted by atomic mass is 16.3. The molecule has 5 rings (SSSR count). The minimum absolute atomic E-state index is 0.203. The number of hydrogen-bond acceptors (Lipinski definition) is 4. The van der Waals surface area contributed by atoms with Crippen LogP contribution in [-0.2, 0) is 0 Å². The van der Waals surface area contributed by atoms with E-state index in [0.717, 1.165) is 47.5 Å². The first-order valence-electron chi connectivity index (χ1n) is 11.4. The van der Waals surface area contributed by atoms with E-state index in [1.807, 2.05) is 42.5 Å². The van der Waals surface area contributed by atoms with Gasteiger partial charge >= 0.3 is 0 Å². The molecule has 3 atom stereocenters. The summed E-state index contributed by atoms with van der Waals surface area (Å²) >= 11 is 0. The molecular weight excluding hydrogens is 394 g/mol. The standard InChI is InChI=1S/C28H29N3O/c1-28-24(18-11-19-31(28)20-25(32)21-12-5-2-6-13-21)26(22-14-7-3-8-15-22)29-30-27(28)23-16-9-4-10-17-23/h2-10,12-17,24-25,32H,11,18-20H2,1H3. The van der Waals surface area contributed by atoms with Crippen LogP contribution in [0.5, 0.6) is 0 Å². The molecule has 1 N–H and O–H groups in total. The molecule has 0 aromatic heterocycles. The van der Waals surface area contributed by atoms with E-state index in [2.05, 4.69) is 60.4 Å². The molecule has 0 bridgehead atoms. The molecule has 1 saturated heterocycles. The third kappa shape index (κ3) is 3.70. The highest BCUT2D eigenvalue weighted by Gasteiger charge is 2.51. The van der Waals surface area contributed by atoms with Gasteiger partial charge in [-0.25, -0.2) is 0 Å². The Balaban J connectivity index is 1.58. The molecule has 32 heavy (non-hydrogen) atoms. The smallest absolute Gasteiger partial charge is 0.0917 e. The van der Waals surface area contributed by atoms with Crippen molar-refractivity contribution in [3.63, 3.8) is 0 Å². The quantitative estimate of drug-likeness (QED) is 0.621. The van der Waals surface area contributed by atoms with Crippen LogP contribution in [0.15, 0.2) is 101 Å². The number of aliphatic hydroxyl groups is 1. The van der Waals surface area contributed by atoms with Crippen LogP contribution in [0.1, 0.15) is 42.6 Å². The lowest BCUT2D eigenvalue weighted by Crippen LogP contribution is -2.64. The fourth-order valence-corrected chi connectivity index (χ4v) is 5.30. The van der Waals surface area contributed by atoms with Crippen LogP contribution in [0.2, 0.25) is 0 Å². The van der Waals surface area contributed by atoms with E-state index in [-0.39, 0.29) is 11.5 Å². The number of likely N-dealkylation sites (tertiary alicyclic amines) is 1. The zero-order chi connectivity index (χ0) is 22.0. The van der Waals surface area contributed by atoms with Gasteiger partial charge in [-0.05, 0) is 43.0 Å². The van der Waals surface area contributed by atoms with E-state index < -0.39 is 6.10 Å². The molecule has 4 heteroatoms. The van der Waals surface area contributed by atoms with E-state index in [1.54, 1.807) is 0 Å². The lowest BCUT2D eigenvalue weighted by atomic mass is 9.68. The Morgan fingerprint density at radius 2 is 1.47 bits per heavy atom. The number of hydrogen-bond donors (Lipinski definition) is 1. The molecule has 3 unspecified atom stereocenters. The summed E-state index contributed by atoms with van der Waals surface area (Å²) in [5.41, 5.74) is 4.85. The van der Waals surface area contributed by atoms with Crippen molar-refractivity contribution in [2.24, 2.45) is 16.1 Å². The van der Waals surface area contributed by atoms with Gasteiger partial charge in [0.05, 0.1) is 23.1 Å². The van der Waals surface area contributed by atoms with Crippen molar-refractivity contribution in [1.82, 2.24) is 4.90 Å². The lowest BCUT2D eigenvalue weighted by molar-refractivity contribution is 0.0336. The molecule has 2 aliphatic heterocycles. The third-order valence-corrected chi connectivity index (χ3v) is 7.02. The molecule has 3 aromatic carbocycles. The van der Waals surface area contributed by atoms with Gasteiger partial charge in [0, 0.05) is 12.5 Å². The number of benzene rings is 3. The van der Waals surface area contributed by atoms with Crippen molar-refractivity contribution in [2.45, 2.75) is 31.4 Å². The fourth-order valence-electron chi connectivity index (χ4n) is 5.30. The van der Waals surface area contributed by atoms with Crippen LogP contribution in [0.25, 0.3) is 0 Å². The Hall–Kier alpha value is -3.08. The average Bonchev–Trinajstić information content (AvgIpc) is 2.85. The molecular formula is C28H29N3O. The summed E-state index contributed by atoms with van der Waals surface area (Å²) in [6.07, 6.45) is 1.56. The van der Waals surface area contributed by atoms with Crippen LogP contribution in [0.3, 0.4) is 0 Å². The summed E-state index contributed by atoms with van der Waals surface area (Å²) < 4.78 is 0. The van der Waals surface area contributed by atoms with Crippen LogP contribution >= 0.6 is 0 Å².